The normalized spacial score (nSPS) is 20.4. The number of esters is 1. The number of Topliss-reactive ketones (excluding diaryl/α,β-unsaturated/α-hetero) is 1. The van der Waals surface area contributed by atoms with Crippen LogP contribution in [0, 0.1) is 5.92 Å². The molecule has 3 atom stereocenters. The molecule has 0 aliphatic carbocycles. The number of methoxy groups -OCH3 is 1. The van der Waals surface area contributed by atoms with Crippen molar-refractivity contribution in [2.75, 3.05) is 20.3 Å². The molecule has 2 bridgehead atoms. The van der Waals surface area contributed by atoms with Gasteiger partial charge in [-0.1, -0.05) is 24.3 Å². The van der Waals surface area contributed by atoms with E-state index in [0.29, 0.717) is 25.1 Å². The molecule has 1 aromatic carbocycles. The SMILES string of the molecule is COC(=O)[C@@H]1CC=CCOc2ccc(cc2)C[C@H](NC(C)=O)C(=O)C[C@@H](CCC[NH+]=C(N)N)C(=O)N1.[Cl-]. The van der Waals surface area contributed by atoms with Crippen LogP contribution in [0.2, 0.25) is 0 Å². The molecule has 0 saturated heterocycles. The molecule has 11 nitrogen and oxygen atoms in total. The highest BCUT2D eigenvalue weighted by atomic mass is 35.5. The fourth-order valence-corrected chi connectivity index (χ4v) is 3.83. The lowest BCUT2D eigenvalue weighted by Gasteiger charge is -2.23. The van der Waals surface area contributed by atoms with Gasteiger partial charge in [-0.05, 0) is 43.4 Å². The van der Waals surface area contributed by atoms with Crippen LogP contribution < -0.4 is 44.2 Å². The molecule has 0 radical (unpaired) electrons. The van der Waals surface area contributed by atoms with Gasteiger partial charge in [0, 0.05) is 19.3 Å². The molecule has 0 aromatic heterocycles. The Kier molecular flexibility index (Phi) is 13.8. The molecule has 7 N–H and O–H groups in total. The highest BCUT2D eigenvalue weighted by Crippen LogP contribution is 2.18. The number of guanidine groups is 1. The van der Waals surface area contributed by atoms with Crippen LogP contribution >= 0.6 is 0 Å². The number of fused-ring (bicyclic) bond motifs is 13. The molecule has 0 unspecified atom stereocenters. The van der Waals surface area contributed by atoms with Crippen molar-refractivity contribution in [3.63, 3.8) is 0 Å². The fourth-order valence-electron chi connectivity index (χ4n) is 3.83. The summed E-state index contributed by atoms with van der Waals surface area (Å²) in [4.78, 5) is 53.4. The van der Waals surface area contributed by atoms with Gasteiger partial charge in [0.25, 0.3) is 0 Å². The number of carbonyl (C=O) groups excluding carboxylic acids is 4. The van der Waals surface area contributed by atoms with Crippen LogP contribution in [-0.2, 0) is 30.3 Å². The summed E-state index contributed by atoms with van der Waals surface area (Å²) >= 11 is 0. The van der Waals surface area contributed by atoms with E-state index in [4.69, 9.17) is 20.9 Å². The van der Waals surface area contributed by atoms with Crippen molar-refractivity contribution in [2.24, 2.45) is 17.4 Å². The molecule has 12 heteroatoms. The van der Waals surface area contributed by atoms with Crippen molar-refractivity contribution in [1.29, 1.82) is 0 Å². The topological polar surface area (TPSA) is 177 Å². The molecule has 2 aliphatic rings. The highest BCUT2D eigenvalue weighted by Gasteiger charge is 2.30. The summed E-state index contributed by atoms with van der Waals surface area (Å²) in [5.74, 6) is -1.75. The molecule has 37 heavy (non-hydrogen) atoms. The van der Waals surface area contributed by atoms with Gasteiger partial charge in [-0.25, -0.2) is 4.79 Å². The third-order valence-electron chi connectivity index (χ3n) is 5.69. The summed E-state index contributed by atoms with van der Waals surface area (Å²) in [6, 6.07) is 5.49. The second-order valence-electron chi connectivity index (χ2n) is 8.60. The minimum Gasteiger partial charge on any atom is -1.00 e. The maximum atomic E-state index is 13.3. The van der Waals surface area contributed by atoms with Gasteiger partial charge in [-0.2, -0.15) is 0 Å². The predicted molar refractivity (Wildman–Crippen MR) is 133 cm³/mol. The molecular weight excluding hydrogens is 502 g/mol. The van der Waals surface area contributed by atoms with Crippen molar-refractivity contribution in [3.8, 4) is 5.75 Å². The third-order valence-corrected chi connectivity index (χ3v) is 5.69. The smallest absolute Gasteiger partial charge is 0.338 e. The maximum absolute atomic E-state index is 13.3. The van der Waals surface area contributed by atoms with Crippen LogP contribution in [-0.4, -0.2) is 61.9 Å². The summed E-state index contributed by atoms with van der Waals surface area (Å²) in [7, 11) is 1.24. The van der Waals surface area contributed by atoms with Crippen LogP contribution in [0.25, 0.3) is 0 Å². The number of carbonyl (C=O) groups is 4. The van der Waals surface area contributed by atoms with Gasteiger partial charge in [0.2, 0.25) is 11.8 Å². The number of rotatable bonds is 6. The lowest BCUT2D eigenvalue weighted by Crippen LogP contribution is -3.00. The first kappa shape index (κ1) is 31.4. The second-order valence-corrected chi connectivity index (χ2v) is 8.60. The van der Waals surface area contributed by atoms with Crippen molar-refractivity contribution in [1.82, 2.24) is 10.6 Å². The fraction of sp³-hybridized carbons (Fsp3) is 0.480. The quantitative estimate of drug-likeness (QED) is 0.0791. The zero-order valence-corrected chi connectivity index (χ0v) is 21.9. The van der Waals surface area contributed by atoms with Crippen molar-refractivity contribution < 1.29 is 46.1 Å². The minimum absolute atomic E-state index is 0. The van der Waals surface area contributed by atoms with Gasteiger partial charge in [-0.3, -0.25) is 30.8 Å². The van der Waals surface area contributed by atoms with E-state index in [-0.39, 0.29) is 55.9 Å². The Morgan fingerprint density at radius 2 is 1.86 bits per heavy atom. The number of ketones is 1. The molecule has 204 valence electrons. The predicted octanol–water partition coefficient (Wildman–Crippen LogP) is -4.56. The Morgan fingerprint density at radius 1 is 1.16 bits per heavy atom. The molecular formula is C25H36ClN5O6. The molecule has 2 amide bonds. The third kappa shape index (κ3) is 11.3. The first-order chi connectivity index (χ1) is 17.2. The number of amides is 2. The molecule has 0 spiro atoms. The number of benzene rings is 1. The average Bonchev–Trinajstić information content (AvgIpc) is 2.84. The minimum atomic E-state index is -0.928. The molecule has 2 heterocycles. The van der Waals surface area contributed by atoms with Crippen molar-refractivity contribution in [3.05, 3.63) is 42.0 Å². The molecule has 3 rings (SSSR count). The number of ether oxygens (including phenoxy) is 2. The molecule has 1 aromatic rings. The lowest BCUT2D eigenvalue weighted by molar-refractivity contribution is -0.459. The van der Waals surface area contributed by atoms with E-state index in [2.05, 4.69) is 15.6 Å². The Bertz CT molecular complexity index is 978. The largest absolute Gasteiger partial charge is 1.00 e. The molecule has 0 fully saturated rings. The van der Waals surface area contributed by atoms with E-state index in [0.717, 1.165) is 5.56 Å². The van der Waals surface area contributed by atoms with Gasteiger partial charge >= 0.3 is 11.9 Å². The van der Waals surface area contributed by atoms with E-state index in [1.807, 2.05) is 12.1 Å². The Hall–Kier alpha value is -3.60. The highest BCUT2D eigenvalue weighted by molar-refractivity contribution is 5.93. The summed E-state index contributed by atoms with van der Waals surface area (Å²) in [6.07, 6.45) is 4.64. The second kappa shape index (κ2) is 16.2. The van der Waals surface area contributed by atoms with Gasteiger partial charge in [0.15, 0.2) is 5.78 Å². The van der Waals surface area contributed by atoms with Gasteiger partial charge in [-0.15, -0.1) is 0 Å². The van der Waals surface area contributed by atoms with Crippen molar-refractivity contribution in [2.45, 2.75) is 51.1 Å². The van der Waals surface area contributed by atoms with Gasteiger partial charge in [0.05, 0.1) is 19.7 Å². The molecule has 0 saturated carbocycles. The Balaban J connectivity index is 0.00000684. The average molecular weight is 538 g/mol. The first-order valence-corrected chi connectivity index (χ1v) is 11.9. The number of halogens is 1. The Morgan fingerprint density at radius 3 is 2.49 bits per heavy atom. The van der Waals surface area contributed by atoms with E-state index >= 15 is 0 Å². The number of nitrogens with one attached hydrogen (secondary N) is 3. The maximum Gasteiger partial charge on any atom is 0.338 e. The molecule has 2 aliphatic heterocycles. The summed E-state index contributed by atoms with van der Waals surface area (Å²) < 4.78 is 10.5. The first-order valence-electron chi connectivity index (χ1n) is 11.9. The van der Waals surface area contributed by atoms with E-state index in [1.165, 1.54) is 14.0 Å². The number of hydrogen-bond acceptors (Lipinski definition) is 6. The van der Waals surface area contributed by atoms with Gasteiger partial charge in [0.1, 0.15) is 18.4 Å². The summed E-state index contributed by atoms with van der Waals surface area (Å²) in [5, 5.41) is 5.41. The number of hydrogen-bond donors (Lipinski definition) is 5. The van der Waals surface area contributed by atoms with Crippen LogP contribution in [0.15, 0.2) is 36.4 Å². The van der Waals surface area contributed by atoms with Gasteiger partial charge < -0.3 is 32.5 Å². The summed E-state index contributed by atoms with van der Waals surface area (Å²) in [6.45, 7) is 2.01. The standard InChI is InChI=1S/C25H35N5O6.ClH/c1-16(31)29-21-14-17-8-10-19(11-9-17)36-13-4-3-7-20(24(34)35-2)30-23(33)18(15-22(21)32)6-5-12-28-25(26)27;/h3-4,8-11,18,20-21H,5-7,12-15H2,1-2H3,(H,29,31)(H,30,33)(H4,26,27,28);1H/t18-,20+,21+;/m1./s1. The van der Waals surface area contributed by atoms with Crippen LogP contribution in [0.4, 0.5) is 0 Å². The van der Waals surface area contributed by atoms with E-state index < -0.39 is 29.9 Å². The number of nitrogens with two attached hydrogens (primary N) is 2. The van der Waals surface area contributed by atoms with Crippen LogP contribution in [0.1, 0.15) is 38.2 Å². The monoisotopic (exact) mass is 537 g/mol. The van der Waals surface area contributed by atoms with Crippen molar-refractivity contribution >= 4 is 29.5 Å². The lowest BCUT2D eigenvalue weighted by atomic mass is 9.90. The van der Waals surface area contributed by atoms with E-state index in [1.54, 1.807) is 24.3 Å². The van der Waals surface area contributed by atoms with E-state index in [9.17, 15) is 19.2 Å². The van der Waals surface area contributed by atoms with Crippen LogP contribution in [0.3, 0.4) is 0 Å². The summed E-state index contributed by atoms with van der Waals surface area (Å²) in [5.41, 5.74) is 11.7. The Labute approximate surface area is 222 Å². The van der Waals surface area contributed by atoms with Crippen LogP contribution in [0.5, 0.6) is 5.75 Å². The zero-order chi connectivity index (χ0) is 26.5. The zero-order valence-electron chi connectivity index (χ0n) is 21.1.